The van der Waals surface area contributed by atoms with Gasteiger partial charge in [0.15, 0.2) is 5.96 Å². The van der Waals surface area contributed by atoms with E-state index in [1.54, 1.807) is 38.1 Å². The van der Waals surface area contributed by atoms with Gasteiger partial charge in [0.2, 0.25) is 5.91 Å². The van der Waals surface area contributed by atoms with Gasteiger partial charge in [-0.1, -0.05) is 12.1 Å². The molecule has 0 spiro atoms. The molecule has 0 heterocycles. The number of guanidine groups is 1. The number of nitrogens with zero attached hydrogens (tertiary/aromatic N) is 2. The predicted molar refractivity (Wildman–Crippen MR) is 87.3 cm³/mol. The van der Waals surface area contributed by atoms with Crippen LogP contribution in [0.4, 0.5) is 4.39 Å². The van der Waals surface area contributed by atoms with Gasteiger partial charge in [-0.05, 0) is 31.0 Å². The fourth-order valence-electron chi connectivity index (χ4n) is 1.83. The van der Waals surface area contributed by atoms with Crippen LogP contribution in [0.3, 0.4) is 0 Å². The van der Waals surface area contributed by atoms with Crippen LogP contribution in [0.1, 0.15) is 24.5 Å². The summed E-state index contributed by atoms with van der Waals surface area (Å²) in [4.78, 5) is 17.5. The Labute approximate surface area is 131 Å². The molecule has 122 valence electrons. The van der Waals surface area contributed by atoms with Crippen LogP contribution >= 0.6 is 0 Å². The molecule has 5 nitrogen and oxygen atoms in total. The number of rotatable bonds is 6. The highest BCUT2D eigenvalue weighted by molar-refractivity contribution is 5.81. The van der Waals surface area contributed by atoms with Crippen molar-refractivity contribution < 1.29 is 9.18 Å². The molecule has 6 heteroatoms. The Kier molecular flexibility index (Phi) is 7.36. The molecule has 0 saturated heterocycles. The van der Waals surface area contributed by atoms with Crippen molar-refractivity contribution in [2.45, 2.75) is 26.8 Å². The van der Waals surface area contributed by atoms with Crippen LogP contribution in [0, 0.1) is 12.7 Å². The van der Waals surface area contributed by atoms with Gasteiger partial charge in [-0.15, -0.1) is 0 Å². The molecule has 0 saturated carbocycles. The third-order valence-electron chi connectivity index (χ3n) is 3.12. The van der Waals surface area contributed by atoms with Crippen molar-refractivity contribution >= 4 is 11.9 Å². The number of aryl methyl sites for hydroxylation is 1. The number of carbonyl (C=O) groups is 1. The molecule has 1 aromatic rings. The zero-order chi connectivity index (χ0) is 16.5. The van der Waals surface area contributed by atoms with Gasteiger partial charge >= 0.3 is 0 Å². The molecular weight excluding hydrogens is 283 g/mol. The van der Waals surface area contributed by atoms with Gasteiger partial charge in [-0.2, -0.15) is 0 Å². The predicted octanol–water partition coefficient (Wildman–Crippen LogP) is 1.67. The van der Waals surface area contributed by atoms with Crippen molar-refractivity contribution in [2.24, 2.45) is 4.99 Å². The zero-order valence-electron chi connectivity index (χ0n) is 13.7. The molecule has 1 aromatic carbocycles. The lowest BCUT2D eigenvalue weighted by Crippen LogP contribution is -2.39. The van der Waals surface area contributed by atoms with Crippen LogP contribution in [0.25, 0.3) is 0 Å². The quantitative estimate of drug-likeness (QED) is 0.621. The van der Waals surface area contributed by atoms with E-state index in [1.807, 2.05) is 6.92 Å². The van der Waals surface area contributed by atoms with Gasteiger partial charge in [0.05, 0.1) is 6.54 Å². The Bertz CT molecular complexity index is 529. The van der Waals surface area contributed by atoms with Crippen LogP contribution in [0.15, 0.2) is 23.2 Å². The minimum absolute atomic E-state index is 0.0671. The number of nitrogens with one attached hydrogen (secondary N) is 2. The molecule has 0 aliphatic carbocycles. The van der Waals surface area contributed by atoms with E-state index in [9.17, 15) is 9.18 Å². The normalized spacial score (nSPS) is 11.2. The van der Waals surface area contributed by atoms with E-state index in [0.717, 1.165) is 12.1 Å². The van der Waals surface area contributed by atoms with Crippen molar-refractivity contribution in [3.8, 4) is 0 Å². The summed E-state index contributed by atoms with van der Waals surface area (Å²) in [5.41, 5.74) is 1.56. The molecule has 0 aliphatic rings. The molecular formula is C16H25FN4O. The lowest BCUT2D eigenvalue weighted by molar-refractivity contribution is -0.128. The maximum Gasteiger partial charge on any atom is 0.223 e. The minimum Gasteiger partial charge on any atom is -0.357 e. The lowest BCUT2D eigenvalue weighted by Gasteiger charge is -2.13. The second kappa shape index (κ2) is 9.02. The monoisotopic (exact) mass is 308 g/mol. The zero-order valence-corrected chi connectivity index (χ0v) is 13.7. The SMILES string of the molecule is CCNC(=NCc1ccc(F)c(C)c1)NCCC(=O)N(C)C. The van der Waals surface area contributed by atoms with Gasteiger partial charge in [0.25, 0.3) is 0 Å². The highest BCUT2D eigenvalue weighted by Crippen LogP contribution is 2.09. The summed E-state index contributed by atoms with van der Waals surface area (Å²) in [5.74, 6) is 0.508. The number of halogens is 1. The van der Waals surface area contributed by atoms with Gasteiger partial charge in [0.1, 0.15) is 5.82 Å². The molecule has 1 amide bonds. The van der Waals surface area contributed by atoms with E-state index >= 15 is 0 Å². The maximum absolute atomic E-state index is 13.2. The topological polar surface area (TPSA) is 56.7 Å². The molecule has 2 N–H and O–H groups in total. The first-order valence-corrected chi connectivity index (χ1v) is 7.41. The highest BCUT2D eigenvalue weighted by Gasteiger charge is 2.04. The molecule has 0 bridgehead atoms. The van der Waals surface area contributed by atoms with Crippen LogP contribution in [0.5, 0.6) is 0 Å². The van der Waals surface area contributed by atoms with Crippen molar-refractivity contribution in [3.63, 3.8) is 0 Å². The number of benzene rings is 1. The maximum atomic E-state index is 13.2. The molecule has 0 fully saturated rings. The number of amides is 1. The number of hydrogen-bond donors (Lipinski definition) is 2. The second-order valence-electron chi connectivity index (χ2n) is 5.24. The van der Waals surface area contributed by atoms with Crippen molar-refractivity contribution in [2.75, 3.05) is 27.2 Å². The molecule has 0 aliphatic heterocycles. The fourth-order valence-corrected chi connectivity index (χ4v) is 1.83. The van der Waals surface area contributed by atoms with E-state index in [0.29, 0.717) is 31.0 Å². The smallest absolute Gasteiger partial charge is 0.223 e. The summed E-state index contributed by atoms with van der Waals surface area (Å²) in [7, 11) is 3.47. The summed E-state index contributed by atoms with van der Waals surface area (Å²) in [6.07, 6.45) is 0.410. The molecule has 1 rings (SSSR count). The standard InChI is InChI=1S/C16H25FN4O/c1-5-18-16(19-9-8-15(22)21(3)4)20-11-13-6-7-14(17)12(2)10-13/h6-7,10H,5,8-9,11H2,1-4H3,(H2,18,19,20). The Morgan fingerprint density at radius 2 is 2.05 bits per heavy atom. The van der Waals surface area contributed by atoms with Gasteiger partial charge in [0, 0.05) is 33.6 Å². The summed E-state index contributed by atoms with van der Waals surface area (Å²) >= 11 is 0. The Morgan fingerprint density at radius 3 is 2.64 bits per heavy atom. The highest BCUT2D eigenvalue weighted by atomic mass is 19.1. The van der Waals surface area contributed by atoms with Crippen LogP contribution < -0.4 is 10.6 Å². The largest absolute Gasteiger partial charge is 0.357 e. The van der Waals surface area contributed by atoms with E-state index in [4.69, 9.17) is 0 Å². The number of aliphatic imine (C=N–C) groups is 1. The van der Waals surface area contributed by atoms with Crippen molar-refractivity contribution in [3.05, 3.63) is 35.1 Å². The molecule has 0 unspecified atom stereocenters. The molecule has 0 atom stereocenters. The van der Waals surface area contributed by atoms with Crippen LogP contribution in [-0.2, 0) is 11.3 Å². The Morgan fingerprint density at radius 1 is 1.32 bits per heavy atom. The molecule has 22 heavy (non-hydrogen) atoms. The fraction of sp³-hybridized carbons (Fsp3) is 0.500. The average Bonchev–Trinajstić information content (AvgIpc) is 2.47. The van der Waals surface area contributed by atoms with E-state index in [2.05, 4.69) is 15.6 Å². The number of hydrogen-bond acceptors (Lipinski definition) is 2. The second-order valence-corrected chi connectivity index (χ2v) is 5.24. The van der Waals surface area contributed by atoms with Gasteiger partial charge in [-0.25, -0.2) is 9.38 Å². The third-order valence-corrected chi connectivity index (χ3v) is 3.12. The molecule has 0 aromatic heterocycles. The average molecular weight is 308 g/mol. The summed E-state index contributed by atoms with van der Waals surface area (Å²) in [6.45, 7) is 5.42. The number of carbonyl (C=O) groups excluding carboxylic acids is 1. The minimum atomic E-state index is -0.208. The first-order chi connectivity index (χ1) is 10.4. The van der Waals surface area contributed by atoms with E-state index in [1.165, 1.54) is 6.07 Å². The first-order valence-electron chi connectivity index (χ1n) is 7.41. The van der Waals surface area contributed by atoms with Crippen LogP contribution in [-0.4, -0.2) is 44.0 Å². The van der Waals surface area contributed by atoms with Crippen molar-refractivity contribution in [1.29, 1.82) is 0 Å². The van der Waals surface area contributed by atoms with Gasteiger partial charge < -0.3 is 15.5 Å². The summed E-state index contributed by atoms with van der Waals surface area (Å²) < 4.78 is 13.2. The summed E-state index contributed by atoms with van der Waals surface area (Å²) in [5, 5.41) is 6.24. The Hall–Kier alpha value is -2.11. The first kappa shape index (κ1) is 17.9. The Balaban J connectivity index is 2.57. The lowest BCUT2D eigenvalue weighted by atomic mass is 10.1. The third kappa shape index (κ3) is 6.11. The molecule has 0 radical (unpaired) electrons. The summed E-state index contributed by atoms with van der Waals surface area (Å²) in [6, 6.07) is 4.97. The van der Waals surface area contributed by atoms with E-state index < -0.39 is 0 Å². The van der Waals surface area contributed by atoms with Gasteiger partial charge in [-0.3, -0.25) is 4.79 Å². The van der Waals surface area contributed by atoms with E-state index in [-0.39, 0.29) is 11.7 Å². The van der Waals surface area contributed by atoms with Crippen LogP contribution in [0.2, 0.25) is 0 Å². The van der Waals surface area contributed by atoms with Crippen molar-refractivity contribution in [1.82, 2.24) is 15.5 Å².